The molecule has 5 heteroatoms. The van der Waals surface area contributed by atoms with Crippen LogP contribution in [0.4, 0.5) is 17.1 Å². The van der Waals surface area contributed by atoms with Crippen LogP contribution >= 0.6 is 12.4 Å². The van der Waals surface area contributed by atoms with Crippen molar-refractivity contribution >= 4 is 35.4 Å². The number of nitrogens with zero attached hydrogens (tertiary/aromatic N) is 1. The molecule has 0 saturated carbocycles. The minimum Gasteiger partial charge on any atom is -0.398 e. The Hall–Kier alpha value is -2.20. The summed E-state index contributed by atoms with van der Waals surface area (Å²) in [4.78, 5) is 15.2. The van der Waals surface area contributed by atoms with Crippen LogP contribution in [0.15, 0.2) is 36.4 Å². The summed E-state index contributed by atoms with van der Waals surface area (Å²) >= 11 is 0. The Bertz CT molecular complexity index is 819. The number of para-hydroxylation sites is 1. The number of hydrogen-bond donors (Lipinski definition) is 2. The highest BCUT2D eigenvalue weighted by atomic mass is 35.5. The van der Waals surface area contributed by atoms with E-state index in [4.69, 9.17) is 5.73 Å². The van der Waals surface area contributed by atoms with Gasteiger partial charge in [-0.05, 0) is 61.4 Å². The van der Waals surface area contributed by atoms with E-state index >= 15 is 0 Å². The number of amides is 1. The van der Waals surface area contributed by atoms with Gasteiger partial charge >= 0.3 is 0 Å². The summed E-state index contributed by atoms with van der Waals surface area (Å²) in [6.07, 6.45) is 1.99. The minimum atomic E-state index is -0.254. The first-order chi connectivity index (χ1) is 12.4. The molecule has 1 atom stereocenters. The predicted octanol–water partition coefficient (Wildman–Crippen LogP) is 4.90. The van der Waals surface area contributed by atoms with Crippen LogP contribution in [0.2, 0.25) is 0 Å². The molecule has 0 aliphatic carbocycles. The summed E-state index contributed by atoms with van der Waals surface area (Å²) in [6.45, 7) is 9.19. The normalized spacial score (nSPS) is 14.3. The molecule has 3 rings (SSSR count). The number of anilines is 3. The van der Waals surface area contributed by atoms with Crippen LogP contribution in [0.1, 0.15) is 49.8 Å². The zero-order valence-electron chi connectivity index (χ0n) is 16.6. The summed E-state index contributed by atoms with van der Waals surface area (Å²) in [5.41, 5.74) is 12.4. The third-order valence-corrected chi connectivity index (χ3v) is 5.34. The SMILES string of the molecule is Cc1cccc(C(C)C)c1NC(=O)C(C)N1CCCc2c(N)cccc21.Cl. The molecular weight excluding hydrogens is 358 g/mol. The predicted molar refractivity (Wildman–Crippen MR) is 117 cm³/mol. The molecule has 0 spiro atoms. The molecule has 1 unspecified atom stereocenters. The first kappa shape index (κ1) is 21.1. The molecule has 2 aromatic carbocycles. The Kier molecular flexibility index (Phi) is 6.77. The van der Waals surface area contributed by atoms with Crippen molar-refractivity contribution in [3.63, 3.8) is 0 Å². The van der Waals surface area contributed by atoms with Gasteiger partial charge in [0.05, 0.1) is 0 Å². The van der Waals surface area contributed by atoms with Crippen LogP contribution in [-0.2, 0) is 11.2 Å². The lowest BCUT2D eigenvalue weighted by molar-refractivity contribution is -0.117. The van der Waals surface area contributed by atoms with E-state index in [0.717, 1.165) is 47.6 Å². The van der Waals surface area contributed by atoms with Gasteiger partial charge in [-0.1, -0.05) is 38.1 Å². The number of benzene rings is 2. The largest absolute Gasteiger partial charge is 0.398 e. The van der Waals surface area contributed by atoms with Gasteiger partial charge in [-0.2, -0.15) is 0 Å². The molecule has 1 aliphatic rings. The number of aryl methyl sites for hydroxylation is 1. The molecule has 4 nitrogen and oxygen atoms in total. The van der Waals surface area contributed by atoms with Crippen molar-refractivity contribution < 1.29 is 4.79 Å². The third-order valence-electron chi connectivity index (χ3n) is 5.34. The van der Waals surface area contributed by atoms with Crippen LogP contribution in [0.25, 0.3) is 0 Å². The summed E-state index contributed by atoms with van der Waals surface area (Å²) in [5.74, 6) is 0.382. The smallest absolute Gasteiger partial charge is 0.246 e. The number of nitrogens with one attached hydrogen (secondary N) is 1. The second-order valence-corrected chi connectivity index (χ2v) is 7.50. The van der Waals surface area contributed by atoms with E-state index in [1.54, 1.807) is 0 Å². The summed E-state index contributed by atoms with van der Waals surface area (Å²) in [6, 6.07) is 11.9. The number of nitrogen functional groups attached to an aromatic ring is 1. The highest BCUT2D eigenvalue weighted by Gasteiger charge is 2.27. The average Bonchev–Trinajstić information content (AvgIpc) is 2.62. The number of nitrogens with two attached hydrogens (primary N) is 1. The second-order valence-electron chi connectivity index (χ2n) is 7.50. The maximum absolute atomic E-state index is 13.0. The van der Waals surface area contributed by atoms with Crippen molar-refractivity contribution in [3.8, 4) is 0 Å². The number of carbonyl (C=O) groups is 1. The molecule has 2 aromatic rings. The summed E-state index contributed by atoms with van der Waals surface area (Å²) in [5, 5.41) is 3.19. The molecule has 0 bridgehead atoms. The van der Waals surface area contributed by atoms with Crippen molar-refractivity contribution in [3.05, 3.63) is 53.1 Å². The van der Waals surface area contributed by atoms with Crippen molar-refractivity contribution in [2.45, 2.75) is 52.5 Å². The molecule has 1 heterocycles. The quantitative estimate of drug-likeness (QED) is 0.733. The van der Waals surface area contributed by atoms with Crippen molar-refractivity contribution in [1.82, 2.24) is 0 Å². The first-order valence-corrected chi connectivity index (χ1v) is 9.44. The van der Waals surface area contributed by atoms with E-state index in [2.05, 4.69) is 36.2 Å². The monoisotopic (exact) mass is 387 g/mol. The third kappa shape index (κ3) is 4.22. The zero-order chi connectivity index (χ0) is 18.8. The second kappa shape index (κ2) is 8.66. The number of hydrogen-bond acceptors (Lipinski definition) is 3. The van der Waals surface area contributed by atoms with Gasteiger partial charge < -0.3 is 16.0 Å². The van der Waals surface area contributed by atoms with Gasteiger partial charge in [0.15, 0.2) is 0 Å². The van der Waals surface area contributed by atoms with Crippen molar-refractivity contribution in [2.75, 3.05) is 22.5 Å². The van der Waals surface area contributed by atoms with E-state index in [-0.39, 0.29) is 24.4 Å². The molecular formula is C22H30ClN3O. The average molecular weight is 388 g/mol. The van der Waals surface area contributed by atoms with Crippen LogP contribution < -0.4 is 16.0 Å². The molecule has 0 aromatic heterocycles. The molecule has 3 N–H and O–H groups in total. The minimum absolute atomic E-state index is 0. The molecule has 1 amide bonds. The fraction of sp³-hybridized carbons (Fsp3) is 0.409. The van der Waals surface area contributed by atoms with Gasteiger partial charge in [0.2, 0.25) is 5.91 Å². The van der Waals surface area contributed by atoms with Gasteiger partial charge in [-0.15, -0.1) is 12.4 Å². The Morgan fingerprint density at radius 1 is 1.15 bits per heavy atom. The lowest BCUT2D eigenvalue weighted by Crippen LogP contribution is -2.45. The Morgan fingerprint density at radius 2 is 1.85 bits per heavy atom. The maximum Gasteiger partial charge on any atom is 0.246 e. The highest BCUT2D eigenvalue weighted by Crippen LogP contribution is 2.33. The maximum atomic E-state index is 13.0. The number of carbonyl (C=O) groups excluding carboxylic acids is 1. The Labute approximate surface area is 168 Å². The van der Waals surface area contributed by atoms with Crippen LogP contribution in [-0.4, -0.2) is 18.5 Å². The lowest BCUT2D eigenvalue weighted by Gasteiger charge is -2.36. The topological polar surface area (TPSA) is 58.4 Å². The number of rotatable bonds is 4. The molecule has 0 saturated heterocycles. The number of fused-ring (bicyclic) bond motifs is 1. The fourth-order valence-electron chi connectivity index (χ4n) is 3.79. The lowest BCUT2D eigenvalue weighted by atomic mass is 9.97. The van der Waals surface area contributed by atoms with Gasteiger partial charge in [-0.25, -0.2) is 0 Å². The van der Waals surface area contributed by atoms with Crippen LogP contribution in [0.5, 0.6) is 0 Å². The van der Waals surface area contributed by atoms with Gasteiger partial charge in [0.1, 0.15) is 6.04 Å². The number of halogens is 1. The molecule has 1 aliphatic heterocycles. The van der Waals surface area contributed by atoms with Gasteiger partial charge in [-0.3, -0.25) is 4.79 Å². The van der Waals surface area contributed by atoms with Gasteiger partial charge in [0.25, 0.3) is 0 Å². The standard InChI is InChI=1S/C22H29N3O.ClH/c1-14(2)17-9-5-8-15(3)21(17)24-22(26)16(4)25-13-7-10-18-19(23)11-6-12-20(18)25;/h5-6,8-9,11-12,14,16H,7,10,13,23H2,1-4H3,(H,24,26);1H. The Balaban J connectivity index is 0.00000261. The van der Waals surface area contributed by atoms with E-state index < -0.39 is 0 Å². The zero-order valence-corrected chi connectivity index (χ0v) is 17.4. The van der Waals surface area contributed by atoms with Crippen molar-refractivity contribution in [2.24, 2.45) is 0 Å². The molecule has 146 valence electrons. The molecule has 27 heavy (non-hydrogen) atoms. The fourth-order valence-corrected chi connectivity index (χ4v) is 3.79. The Morgan fingerprint density at radius 3 is 2.56 bits per heavy atom. The first-order valence-electron chi connectivity index (χ1n) is 9.44. The summed E-state index contributed by atoms with van der Waals surface area (Å²) < 4.78 is 0. The summed E-state index contributed by atoms with van der Waals surface area (Å²) in [7, 11) is 0. The van der Waals surface area contributed by atoms with E-state index in [1.807, 2.05) is 38.1 Å². The van der Waals surface area contributed by atoms with Gasteiger partial charge in [0, 0.05) is 23.6 Å². The van der Waals surface area contributed by atoms with E-state index in [0.29, 0.717) is 5.92 Å². The van der Waals surface area contributed by atoms with Crippen molar-refractivity contribution in [1.29, 1.82) is 0 Å². The van der Waals surface area contributed by atoms with Crippen LogP contribution in [0.3, 0.4) is 0 Å². The highest BCUT2D eigenvalue weighted by molar-refractivity contribution is 5.98. The van der Waals surface area contributed by atoms with E-state index in [9.17, 15) is 4.79 Å². The van der Waals surface area contributed by atoms with Crippen LogP contribution in [0, 0.1) is 6.92 Å². The van der Waals surface area contributed by atoms with E-state index in [1.165, 1.54) is 5.56 Å². The molecule has 0 fully saturated rings. The molecule has 0 radical (unpaired) electrons.